The number of hydrogen-bond acceptors (Lipinski definition) is 0. The van der Waals surface area contributed by atoms with Gasteiger partial charge >= 0.3 is 0 Å². The topological polar surface area (TPSA) is 0 Å². The van der Waals surface area contributed by atoms with Crippen molar-refractivity contribution >= 4 is 0 Å². The van der Waals surface area contributed by atoms with Gasteiger partial charge in [0.1, 0.15) is 0 Å². The van der Waals surface area contributed by atoms with Crippen LogP contribution >= 0.6 is 0 Å². The molecule has 4 heteroatoms. The van der Waals surface area contributed by atoms with Crippen LogP contribution < -0.4 is 0 Å². The second-order valence-corrected chi connectivity index (χ2v) is 0. The Morgan fingerprint density at radius 2 is 1.00 bits per heavy atom. The van der Waals surface area contributed by atoms with E-state index in [1.807, 2.05) is 0 Å². The third-order valence-corrected chi connectivity index (χ3v) is 0. The van der Waals surface area contributed by atoms with Gasteiger partial charge in [0.25, 0.3) is 0 Å². The Hall–Kier alpha value is 2.29. The number of rotatable bonds is 0. The summed E-state index contributed by atoms with van der Waals surface area (Å²) in [5.41, 5.74) is 0. The normalized spacial score (nSPS) is 0. The third-order valence-electron chi connectivity index (χ3n) is 0. The molecule has 0 aromatic rings. The maximum Gasteiger partial charge on any atom is 0 e. The first kappa shape index (κ1) is 33.6. The van der Waals surface area contributed by atoms with Crippen LogP contribution in [0.3, 0.4) is 0 Å². The summed E-state index contributed by atoms with van der Waals surface area (Å²) in [4.78, 5) is 0. The molecule has 0 N–H and O–H groups in total. The van der Waals surface area contributed by atoms with Crippen molar-refractivity contribution < 1.29 is 73.3 Å². The van der Waals surface area contributed by atoms with Crippen LogP contribution in [0.1, 0.15) is 0 Å². The Balaban J connectivity index is 0. The van der Waals surface area contributed by atoms with Crippen molar-refractivity contribution in [3.8, 4) is 0 Å². The molecule has 0 aliphatic carbocycles. The zero-order valence-corrected chi connectivity index (χ0v) is 6.23. The van der Waals surface area contributed by atoms with Gasteiger partial charge in [-0.1, -0.05) is 0 Å². The smallest absolute Gasteiger partial charge is 0 e. The molecule has 0 spiro atoms. The van der Waals surface area contributed by atoms with Gasteiger partial charge in [-0.2, -0.15) is 0 Å². The molecule has 0 nitrogen and oxygen atoms in total. The van der Waals surface area contributed by atoms with E-state index in [2.05, 4.69) is 0 Å². The Morgan fingerprint density at radius 3 is 1.00 bits per heavy atom. The maximum atomic E-state index is 0. The largest absolute Gasteiger partial charge is 0 e. The Labute approximate surface area is 72.5 Å². The monoisotopic (exact) mass is 273 g/mol. The SMILES string of the molecule is [Ag].[Cr].[Fe].[Ni]. The van der Waals surface area contributed by atoms with E-state index in [9.17, 15) is 0 Å². The van der Waals surface area contributed by atoms with Crippen LogP contribution in [0.4, 0.5) is 0 Å². The first-order valence-corrected chi connectivity index (χ1v) is 0. The van der Waals surface area contributed by atoms with Gasteiger partial charge in [0.15, 0.2) is 0 Å². The van der Waals surface area contributed by atoms with Crippen LogP contribution in [-0.4, -0.2) is 0 Å². The van der Waals surface area contributed by atoms with E-state index < -0.39 is 0 Å². The predicted octanol–water partition coefficient (Wildman–Crippen LogP) is -0.0100. The summed E-state index contributed by atoms with van der Waals surface area (Å²) in [5.74, 6) is 0. The van der Waals surface area contributed by atoms with Crippen molar-refractivity contribution in [1.82, 2.24) is 0 Å². The van der Waals surface area contributed by atoms with Crippen LogP contribution in [-0.2, 0) is 73.3 Å². The summed E-state index contributed by atoms with van der Waals surface area (Å²) >= 11 is 0. The first-order chi connectivity index (χ1) is 0. The van der Waals surface area contributed by atoms with E-state index in [1.54, 1.807) is 0 Å². The summed E-state index contributed by atoms with van der Waals surface area (Å²) in [6.45, 7) is 0. The minimum absolute atomic E-state index is 0. The molecule has 0 rings (SSSR count). The molecule has 0 amide bonds. The molecule has 0 aromatic heterocycles. The van der Waals surface area contributed by atoms with Gasteiger partial charge in [0.2, 0.25) is 0 Å². The second kappa shape index (κ2) is 18.6. The van der Waals surface area contributed by atoms with Crippen molar-refractivity contribution in [2.24, 2.45) is 0 Å². The van der Waals surface area contributed by atoms with Crippen LogP contribution in [0.25, 0.3) is 0 Å². The predicted molar refractivity (Wildman–Crippen MR) is 0 cm³/mol. The summed E-state index contributed by atoms with van der Waals surface area (Å²) in [6, 6.07) is 0. The molecule has 0 saturated heterocycles. The van der Waals surface area contributed by atoms with E-state index >= 15 is 0 Å². The number of hydrogen-bond donors (Lipinski definition) is 0. The van der Waals surface area contributed by atoms with Gasteiger partial charge in [0.05, 0.1) is 0 Å². The average molecular weight is 274 g/mol. The van der Waals surface area contributed by atoms with Gasteiger partial charge < -0.3 is 0 Å². The van der Waals surface area contributed by atoms with E-state index in [-0.39, 0.29) is 73.3 Å². The molecule has 0 atom stereocenters. The van der Waals surface area contributed by atoms with Gasteiger partial charge in [-0.05, 0) is 0 Å². The van der Waals surface area contributed by atoms with Crippen LogP contribution in [0.2, 0.25) is 0 Å². The van der Waals surface area contributed by atoms with E-state index in [4.69, 9.17) is 0 Å². The Bertz CT molecular complexity index is 8.00. The van der Waals surface area contributed by atoms with Crippen molar-refractivity contribution in [2.75, 3.05) is 0 Å². The van der Waals surface area contributed by atoms with Crippen LogP contribution in [0, 0.1) is 0 Å². The summed E-state index contributed by atoms with van der Waals surface area (Å²) in [6.07, 6.45) is 0. The fraction of sp³-hybridized carbons (Fsp3) is 0. The van der Waals surface area contributed by atoms with E-state index in [0.717, 1.165) is 0 Å². The fourth-order valence-electron chi connectivity index (χ4n) is 0. The van der Waals surface area contributed by atoms with Gasteiger partial charge in [-0.25, -0.2) is 0 Å². The molecule has 35 valence electrons. The van der Waals surface area contributed by atoms with E-state index in [1.165, 1.54) is 0 Å². The molecular formula is AgCrFeNi. The van der Waals surface area contributed by atoms with Crippen LogP contribution in [0.15, 0.2) is 0 Å². The third kappa shape index (κ3) is 8.86. The molecule has 0 bridgehead atoms. The minimum Gasteiger partial charge on any atom is 0 e. The molecule has 0 heterocycles. The van der Waals surface area contributed by atoms with Crippen molar-refractivity contribution in [1.29, 1.82) is 0 Å². The molecule has 0 fully saturated rings. The minimum atomic E-state index is 0. The first-order valence-electron chi connectivity index (χ1n) is 0. The van der Waals surface area contributed by atoms with Crippen molar-refractivity contribution in [3.63, 3.8) is 0 Å². The Kier molecular flexibility index (Phi) is 156. The van der Waals surface area contributed by atoms with Crippen molar-refractivity contribution in [3.05, 3.63) is 0 Å². The molecule has 0 saturated carbocycles. The average Bonchev–Trinajstić information content (AvgIpc) is 0. The standard InChI is InChI=1S/Ag.Cr.Fe.Ni. The molecule has 1 radical (unpaired) electrons. The molecule has 0 aliphatic heterocycles. The van der Waals surface area contributed by atoms with Gasteiger partial charge in [0, 0.05) is 73.3 Å². The van der Waals surface area contributed by atoms with Gasteiger partial charge in [-0.3, -0.25) is 0 Å². The van der Waals surface area contributed by atoms with E-state index in [0.29, 0.717) is 0 Å². The van der Waals surface area contributed by atoms with Crippen molar-refractivity contribution in [2.45, 2.75) is 0 Å². The van der Waals surface area contributed by atoms with Gasteiger partial charge in [-0.15, -0.1) is 0 Å². The summed E-state index contributed by atoms with van der Waals surface area (Å²) in [7, 11) is 0. The quantitative estimate of drug-likeness (QED) is 0.545. The summed E-state index contributed by atoms with van der Waals surface area (Å²) < 4.78 is 0. The van der Waals surface area contributed by atoms with Crippen LogP contribution in [0.5, 0.6) is 0 Å². The zero-order chi connectivity index (χ0) is 0. The summed E-state index contributed by atoms with van der Waals surface area (Å²) in [5, 5.41) is 0. The zero-order valence-electron chi connectivity index (χ0n) is 1.38. The molecule has 0 aliphatic rings. The molecular weight excluding hydrogens is 274 g/mol. The second-order valence-electron chi connectivity index (χ2n) is 0. The Morgan fingerprint density at radius 1 is 1.00 bits per heavy atom. The fourth-order valence-corrected chi connectivity index (χ4v) is 0. The molecule has 0 aromatic carbocycles. The molecule has 0 unspecified atom stereocenters. The maximum absolute atomic E-state index is 0. The molecule has 4 heavy (non-hydrogen) atoms.